The molecule has 0 saturated heterocycles. The number of anilines is 1. The second-order valence-corrected chi connectivity index (χ2v) is 5.00. The molecule has 4 aromatic rings. The van der Waals surface area contributed by atoms with E-state index in [2.05, 4.69) is 15.1 Å². The van der Waals surface area contributed by atoms with Gasteiger partial charge in [-0.05, 0) is 13.0 Å². The molecule has 0 spiro atoms. The van der Waals surface area contributed by atoms with Gasteiger partial charge in [0, 0.05) is 11.5 Å². The van der Waals surface area contributed by atoms with Crippen LogP contribution in [-0.4, -0.2) is 19.7 Å². The first-order chi connectivity index (χ1) is 10.2. The average molecular weight is 279 g/mol. The Kier molecular flexibility index (Phi) is 2.44. The van der Waals surface area contributed by atoms with Crippen molar-refractivity contribution in [2.45, 2.75) is 13.5 Å². The van der Waals surface area contributed by atoms with Gasteiger partial charge < -0.3 is 14.8 Å². The fraction of sp³-hybridized carbons (Fsp3) is 0.133. The SMILES string of the molecule is Cc1cc(Cn2c(N)nc3cnc4ccccc4c32)on1. The molecule has 0 amide bonds. The number of rotatable bonds is 2. The first-order valence-corrected chi connectivity index (χ1v) is 6.64. The zero-order chi connectivity index (χ0) is 14.4. The third-order valence-corrected chi connectivity index (χ3v) is 3.50. The van der Waals surface area contributed by atoms with E-state index < -0.39 is 0 Å². The minimum Gasteiger partial charge on any atom is -0.369 e. The van der Waals surface area contributed by atoms with Crippen LogP contribution < -0.4 is 5.73 Å². The lowest BCUT2D eigenvalue weighted by atomic mass is 10.2. The number of aromatic nitrogens is 4. The number of aryl methyl sites for hydroxylation is 1. The van der Waals surface area contributed by atoms with E-state index in [1.165, 1.54) is 0 Å². The molecular weight excluding hydrogens is 266 g/mol. The Morgan fingerprint density at radius 2 is 2.10 bits per heavy atom. The minimum absolute atomic E-state index is 0.442. The van der Waals surface area contributed by atoms with Crippen molar-refractivity contribution in [1.82, 2.24) is 19.7 Å². The van der Waals surface area contributed by atoms with E-state index in [9.17, 15) is 0 Å². The third-order valence-electron chi connectivity index (χ3n) is 3.50. The fourth-order valence-corrected chi connectivity index (χ4v) is 2.59. The van der Waals surface area contributed by atoms with Crippen LogP contribution in [0.25, 0.3) is 21.9 Å². The molecule has 4 rings (SSSR count). The van der Waals surface area contributed by atoms with Crippen molar-refractivity contribution in [2.75, 3.05) is 5.73 Å². The van der Waals surface area contributed by atoms with Crippen LogP contribution in [0.2, 0.25) is 0 Å². The van der Waals surface area contributed by atoms with Crippen molar-refractivity contribution >= 4 is 27.9 Å². The summed E-state index contributed by atoms with van der Waals surface area (Å²) < 4.78 is 7.21. The molecule has 6 heteroatoms. The van der Waals surface area contributed by atoms with Gasteiger partial charge in [-0.15, -0.1) is 0 Å². The van der Waals surface area contributed by atoms with E-state index in [1.54, 1.807) is 6.20 Å². The number of pyridine rings is 1. The van der Waals surface area contributed by atoms with E-state index in [-0.39, 0.29) is 0 Å². The molecule has 1 aromatic carbocycles. The van der Waals surface area contributed by atoms with Crippen molar-refractivity contribution in [2.24, 2.45) is 0 Å². The topological polar surface area (TPSA) is 82.8 Å². The van der Waals surface area contributed by atoms with Gasteiger partial charge in [0.05, 0.1) is 29.5 Å². The quantitative estimate of drug-likeness (QED) is 0.609. The van der Waals surface area contributed by atoms with Crippen LogP contribution >= 0.6 is 0 Å². The Bertz CT molecular complexity index is 953. The summed E-state index contributed by atoms with van der Waals surface area (Å²) in [7, 11) is 0. The summed E-state index contributed by atoms with van der Waals surface area (Å²) in [4.78, 5) is 8.79. The van der Waals surface area contributed by atoms with Crippen LogP contribution in [0.1, 0.15) is 11.5 Å². The molecule has 0 unspecified atom stereocenters. The first kappa shape index (κ1) is 11.9. The van der Waals surface area contributed by atoms with Gasteiger partial charge in [0.1, 0.15) is 5.52 Å². The summed E-state index contributed by atoms with van der Waals surface area (Å²) in [5.41, 5.74) is 9.57. The van der Waals surface area contributed by atoms with E-state index in [4.69, 9.17) is 10.3 Å². The van der Waals surface area contributed by atoms with Crippen LogP contribution in [0.3, 0.4) is 0 Å². The summed E-state index contributed by atoms with van der Waals surface area (Å²) in [6.07, 6.45) is 1.75. The van der Waals surface area contributed by atoms with Crippen molar-refractivity contribution in [3.8, 4) is 0 Å². The number of imidazole rings is 1. The van der Waals surface area contributed by atoms with Crippen LogP contribution in [0.4, 0.5) is 5.95 Å². The highest BCUT2D eigenvalue weighted by Gasteiger charge is 2.14. The van der Waals surface area contributed by atoms with Gasteiger partial charge in [-0.1, -0.05) is 23.4 Å². The lowest BCUT2D eigenvalue weighted by molar-refractivity contribution is 0.374. The highest BCUT2D eigenvalue weighted by Crippen LogP contribution is 2.26. The van der Waals surface area contributed by atoms with Crippen molar-refractivity contribution < 1.29 is 4.52 Å². The van der Waals surface area contributed by atoms with Gasteiger partial charge in [-0.3, -0.25) is 4.98 Å². The van der Waals surface area contributed by atoms with Crippen molar-refractivity contribution in [3.63, 3.8) is 0 Å². The van der Waals surface area contributed by atoms with Crippen molar-refractivity contribution in [3.05, 3.63) is 48.0 Å². The van der Waals surface area contributed by atoms with Gasteiger partial charge in [-0.25, -0.2) is 4.98 Å². The highest BCUT2D eigenvalue weighted by atomic mass is 16.5. The fourth-order valence-electron chi connectivity index (χ4n) is 2.59. The van der Waals surface area contributed by atoms with E-state index in [0.29, 0.717) is 12.5 Å². The molecule has 0 bridgehead atoms. The predicted octanol–water partition coefficient (Wildman–Crippen LogP) is 2.51. The number of fused-ring (bicyclic) bond motifs is 3. The Balaban J connectivity index is 1.98. The van der Waals surface area contributed by atoms with Crippen LogP contribution in [0, 0.1) is 6.92 Å². The number of nitrogen functional groups attached to an aromatic ring is 1. The van der Waals surface area contributed by atoms with Gasteiger partial charge in [0.2, 0.25) is 5.95 Å². The maximum absolute atomic E-state index is 6.06. The molecule has 0 aliphatic rings. The van der Waals surface area contributed by atoms with Crippen LogP contribution in [0.5, 0.6) is 0 Å². The summed E-state index contributed by atoms with van der Waals surface area (Å²) in [6, 6.07) is 9.84. The highest BCUT2D eigenvalue weighted by molar-refractivity contribution is 6.02. The molecule has 3 heterocycles. The molecule has 0 saturated carbocycles. The average Bonchev–Trinajstić information content (AvgIpc) is 3.03. The zero-order valence-corrected chi connectivity index (χ0v) is 11.4. The molecule has 2 N–H and O–H groups in total. The van der Waals surface area contributed by atoms with E-state index >= 15 is 0 Å². The number of para-hydroxylation sites is 1. The number of hydrogen-bond acceptors (Lipinski definition) is 5. The normalized spacial score (nSPS) is 11.5. The molecule has 0 aliphatic heterocycles. The number of nitrogens with two attached hydrogens (primary N) is 1. The van der Waals surface area contributed by atoms with Gasteiger partial charge in [0.15, 0.2) is 5.76 Å². The Morgan fingerprint density at radius 3 is 2.90 bits per heavy atom. The third kappa shape index (κ3) is 1.84. The summed E-state index contributed by atoms with van der Waals surface area (Å²) >= 11 is 0. The van der Waals surface area contributed by atoms with Crippen LogP contribution in [-0.2, 0) is 6.54 Å². The lowest BCUT2D eigenvalue weighted by Crippen LogP contribution is -2.04. The van der Waals surface area contributed by atoms with E-state index in [0.717, 1.165) is 33.4 Å². The van der Waals surface area contributed by atoms with Gasteiger partial charge in [0.25, 0.3) is 0 Å². The monoisotopic (exact) mass is 279 g/mol. The Hall–Kier alpha value is -2.89. The molecule has 3 aromatic heterocycles. The van der Waals surface area contributed by atoms with Gasteiger partial charge >= 0.3 is 0 Å². The van der Waals surface area contributed by atoms with Crippen molar-refractivity contribution in [1.29, 1.82) is 0 Å². The van der Waals surface area contributed by atoms with E-state index in [1.807, 2.05) is 41.8 Å². The molecule has 0 radical (unpaired) electrons. The number of nitrogens with zero attached hydrogens (tertiary/aromatic N) is 4. The number of benzene rings is 1. The maximum Gasteiger partial charge on any atom is 0.201 e. The Morgan fingerprint density at radius 1 is 1.24 bits per heavy atom. The molecule has 104 valence electrons. The second kappa shape index (κ2) is 4.31. The smallest absolute Gasteiger partial charge is 0.201 e. The largest absolute Gasteiger partial charge is 0.369 e. The predicted molar refractivity (Wildman–Crippen MR) is 79.8 cm³/mol. The first-order valence-electron chi connectivity index (χ1n) is 6.64. The maximum atomic E-state index is 6.06. The molecule has 0 fully saturated rings. The lowest BCUT2D eigenvalue weighted by Gasteiger charge is -2.05. The Labute approximate surface area is 120 Å². The molecule has 6 nitrogen and oxygen atoms in total. The van der Waals surface area contributed by atoms with Crippen LogP contribution in [0.15, 0.2) is 41.1 Å². The van der Waals surface area contributed by atoms with Gasteiger partial charge in [-0.2, -0.15) is 0 Å². The summed E-state index contributed by atoms with van der Waals surface area (Å²) in [5.74, 6) is 1.19. The molecule has 21 heavy (non-hydrogen) atoms. The standard InChI is InChI=1S/C15H13N5O/c1-9-6-10(21-19-9)8-20-14-11-4-2-3-5-12(11)17-7-13(14)18-15(20)16/h2-7H,8H2,1H3,(H2,16,18). The molecular formula is C15H13N5O. The summed E-state index contributed by atoms with van der Waals surface area (Å²) in [5, 5.41) is 4.93. The molecule has 0 aliphatic carbocycles. The minimum atomic E-state index is 0.442. The number of hydrogen-bond donors (Lipinski definition) is 1. The summed E-state index contributed by atoms with van der Waals surface area (Å²) in [6.45, 7) is 2.39. The second-order valence-electron chi connectivity index (χ2n) is 5.00. The zero-order valence-electron chi connectivity index (χ0n) is 11.4. The molecule has 0 atom stereocenters.